The topological polar surface area (TPSA) is 47.6 Å². The largest absolute Gasteiger partial charge is 0.493 e. The number of nitrogens with one attached hydrogen (secondary N) is 1. The number of aryl methyl sites for hydroxylation is 1. The fourth-order valence-electron chi connectivity index (χ4n) is 2.38. The van der Waals surface area contributed by atoms with Gasteiger partial charge < -0.3 is 14.8 Å². The van der Waals surface area contributed by atoms with E-state index in [1.165, 1.54) is 17.3 Å². The summed E-state index contributed by atoms with van der Waals surface area (Å²) in [6, 6.07) is 15.6. The summed E-state index contributed by atoms with van der Waals surface area (Å²) in [7, 11) is 0. The number of amides is 1. The molecule has 0 aliphatic carbocycles. The summed E-state index contributed by atoms with van der Waals surface area (Å²) in [6.45, 7) is 3.24. The first-order valence-corrected chi connectivity index (χ1v) is 9.50. The zero-order valence-electron chi connectivity index (χ0n) is 14.4. The minimum Gasteiger partial charge on any atom is -0.493 e. The Hall–Kier alpha value is -2.31. The van der Waals surface area contributed by atoms with Crippen molar-refractivity contribution in [2.45, 2.75) is 13.3 Å². The van der Waals surface area contributed by atoms with Crippen molar-refractivity contribution >= 4 is 40.3 Å². The third-order valence-corrected chi connectivity index (χ3v) is 4.80. The molecule has 3 rings (SSSR count). The van der Waals surface area contributed by atoms with Gasteiger partial charge in [0.25, 0.3) is 5.91 Å². The Morgan fingerprint density at radius 2 is 1.81 bits per heavy atom. The van der Waals surface area contributed by atoms with Crippen LogP contribution in [0, 0.1) is 6.92 Å². The number of hydrogen-bond donors (Lipinski definition) is 1. The predicted octanol–water partition coefficient (Wildman–Crippen LogP) is 4.33. The van der Waals surface area contributed by atoms with Gasteiger partial charge in [-0.3, -0.25) is 4.79 Å². The molecule has 0 unspecified atom stereocenters. The Labute approximate surface area is 162 Å². The Balaban J connectivity index is 1.42. The number of rotatable bonds is 7. The van der Waals surface area contributed by atoms with Crippen LogP contribution in [-0.4, -0.2) is 23.4 Å². The van der Waals surface area contributed by atoms with Gasteiger partial charge in [-0.25, -0.2) is 0 Å². The van der Waals surface area contributed by atoms with Gasteiger partial charge in [0, 0.05) is 6.42 Å². The van der Waals surface area contributed by atoms with Crippen LogP contribution in [0.1, 0.15) is 17.5 Å². The fraction of sp³-hybridized carbons (Fsp3) is 0.200. The van der Waals surface area contributed by atoms with Gasteiger partial charge in [-0.1, -0.05) is 48.2 Å². The molecule has 1 fully saturated rings. The quantitative estimate of drug-likeness (QED) is 0.437. The maximum atomic E-state index is 11.7. The first-order valence-electron chi connectivity index (χ1n) is 8.27. The minimum atomic E-state index is -0.145. The van der Waals surface area contributed by atoms with Gasteiger partial charge in [0.1, 0.15) is 15.8 Å². The SMILES string of the molecule is Cc1cccc(OCCCOc2ccc(C=C3SC(=S)NC3=O)cc2)c1. The molecule has 1 aliphatic rings. The standard InChI is InChI=1S/C20H19NO3S2/c1-14-4-2-5-17(12-14)24-11-3-10-23-16-8-6-15(7-9-16)13-18-19(22)21-20(25)26-18/h2,4-9,12-13H,3,10-11H2,1H3,(H,21,22,25). The van der Waals surface area contributed by atoms with Crippen LogP contribution in [0.5, 0.6) is 11.5 Å². The van der Waals surface area contributed by atoms with Gasteiger partial charge in [0.2, 0.25) is 0 Å². The molecule has 1 aliphatic heterocycles. The summed E-state index contributed by atoms with van der Waals surface area (Å²) in [6.07, 6.45) is 2.62. The zero-order valence-corrected chi connectivity index (χ0v) is 16.0. The molecule has 0 atom stereocenters. The molecule has 1 N–H and O–H groups in total. The number of carbonyl (C=O) groups is 1. The molecule has 26 heavy (non-hydrogen) atoms. The van der Waals surface area contributed by atoms with Gasteiger partial charge in [0.05, 0.1) is 18.1 Å². The van der Waals surface area contributed by atoms with Gasteiger partial charge in [-0.15, -0.1) is 0 Å². The van der Waals surface area contributed by atoms with Gasteiger partial charge in [-0.05, 0) is 48.4 Å². The maximum Gasteiger partial charge on any atom is 0.263 e. The van der Waals surface area contributed by atoms with Gasteiger partial charge in [-0.2, -0.15) is 0 Å². The first-order chi connectivity index (χ1) is 12.6. The molecule has 4 nitrogen and oxygen atoms in total. The second kappa shape index (κ2) is 8.87. The van der Waals surface area contributed by atoms with Crippen LogP contribution in [0.25, 0.3) is 6.08 Å². The highest BCUT2D eigenvalue weighted by atomic mass is 32.2. The summed E-state index contributed by atoms with van der Waals surface area (Å²) in [4.78, 5) is 12.3. The lowest BCUT2D eigenvalue weighted by molar-refractivity contribution is -0.115. The molecular formula is C20H19NO3S2. The first kappa shape index (κ1) is 18.5. The van der Waals surface area contributed by atoms with E-state index in [2.05, 4.69) is 5.32 Å². The van der Waals surface area contributed by atoms with Crippen molar-refractivity contribution in [1.82, 2.24) is 5.32 Å². The number of ether oxygens (including phenoxy) is 2. The smallest absolute Gasteiger partial charge is 0.263 e. The molecule has 2 aromatic rings. The Morgan fingerprint density at radius 3 is 2.46 bits per heavy atom. The third kappa shape index (κ3) is 5.34. The lowest BCUT2D eigenvalue weighted by Gasteiger charge is -2.08. The minimum absolute atomic E-state index is 0.145. The lowest BCUT2D eigenvalue weighted by Crippen LogP contribution is -2.17. The molecule has 0 radical (unpaired) electrons. The van der Waals surface area contributed by atoms with E-state index in [-0.39, 0.29) is 5.91 Å². The van der Waals surface area contributed by atoms with E-state index < -0.39 is 0 Å². The average Bonchev–Trinajstić information content (AvgIpc) is 2.93. The van der Waals surface area contributed by atoms with Crippen LogP contribution in [0.15, 0.2) is 53.4 Å². The van der Waals surface area contributed by atoms with E-state index in [0.29, 0.717) is 22.4 Å². The van der Waals surface area contributed by atoms with Crippen molar-refractivity contribution in [2.75, 3.05) is 13.2 Å². The van der Waals surface area contributed by atoms with E-state index in [9.17, 15) is 4.79 Å². The summed E-state index contributed by atoms with van der Waals surface area (Å²) in [5, 5.41) is 2.60. The number of carbonyl (C=O) groups excluding carboxylic acids is 1. The van der Waals surface area contributed by atoms with Crippen molar-refractivity contribution in [2.24, 2.45) is 0 Å². The molecule has 0 saturated carbocycles. The van der Waals surface area contributed by atoms with E-state index >= 15 is 0 Å². The Bertz CT molecular complexity index is 831. The lowest BCUT2D eigenvalue weighted by atomic mass is 10.2. The van der Waals surface area contributed by atoms with Crippen molar-refractivity contribution in [3.8, 4) is 11.5 Å². The highest BCUT2D eigenvalue weighted by Gasteiger charge is 2.21. The van der Waals surface area contributed by atoms with Crippen LogP contribution < -0.4 is 14.8 Å². The van der Waals surface area contributed by atoms with E-state index in [1.54, 1.807) is 0 Å². The number of thioether (sulfide) groups is 1. The summed E-state index contributed by atoms with van der Waals surface area (Å²) in [5.41, 5.74) is 2.12. The molecule has 1 amide bonds. The predicted molar refractivity (Wildman–Crippen MR) is 110 cm³/mol. The van der Waals surface area contributed by atoms with Crippen LogP contribution in [0.3, 0.4) is 0 Å². The monoisotopic (exact) mass is 385 g/mol. The van der Waals surface area contributed by atoms with Crippen molar-refractivity contribution in [3.63, 3.8) is 0 Å². The van der Waals surface area contributed by atoms with E-state index in [0.717, 1.165) is 23.5 Å². The normalized spacial score (nSPS) is 15.2. The van der Waals surface area contributed by atoms with E-state index in [4.69, 9.17) is 21.7 Å². The summed E-state index contributed by atoms with van der Waals surface area (Å²) < 4.78 is 11.9. The Morgan fingerprint density at radius 1 is 1.08 bits per heavy atom. The molecule has 0 spiro atoms. The number of benzene rings is 2. The molecule has 6 heteroatoms. The number of thiocarbonyl (C=S) groups is 1. The van der Waals surface area contributed by atoms with Gasteiger partial charge >= 0.3 is 0 Å². The molecule has 0 aromatic heterocycles. The van der Waals surface area contributed by atoms with Crippen LogP contribution in [0.2, 0.25) is 0 Å². The molecule has 2 aromatic carbocycles. The van der Waals surface area contributed by atoms with Crippen molar-refractivity contribution in [1.29, 1.82) is 0 Å². The van der Waals surface area contributed by atoms with Crippen molar-refractivity contribution < 1.29 is 14.3 Å². The highest BCUT2D eigenvalue weighted by molar-refractivity contribution is 8.26. The van der Waals surface area contributed by atoms with Crippen LogP contribution >= 0.6 is 24.0 Å². The maximum absolute atomic E-state index is 11.7. The molecule has 1 heterocycles. The fourth-order valence-corrected chi connectivity index (χ4v) is 3.42. The van der Waals surface area contributed by atoms with Gasteiger partial charge in [0.15, 0.2) is 0 Å². The summed E-state index contributed by atoms with van der Waals surface area (Å²) in [5.74, 6) is 1.53. The third-order valence-electron chi connectivity index (χ3n) is 3.64. The van der Waals surface area contributed by atoms with E-state index in [1.807, 2.05) is 61.5 Å². The second-order valence-corrected chi connectivity index (χ2v) is 7.51. The second-order valence-electron chi connectivity index (χ2n) is 5.79. The summed E-state index contributed by atoms with van der Waals surface area (Å²) >= 11 is 6.25. The Kier molecular flexibility index (Phi) is 6.30. The van der Waals surface area contributed by atoms with Crippen LogP contribution in [-0.2, 0) is 4.79 Å². The average molecular weight is 386 g/mol. The number of hydrogen-bond acceptors (Lipinski definition) is 5. The molecule has 134 valence electrons. The van der Waals surface area contributed by atoms with Crippen LogP contribution in [0.4, 0.5) is 0 Å². The molecular weight excluding hydrogens is 366 g/mol. The molecule has 1 saturated heterocycles. The zero-order chi connectivity index (χ0) is 18.4. The highest BCUT2D eigenvalue weighted by Crippen LogP contribution is 2.26. The molecule has 0 bridgehead atoms. The van der Waals surface area contributed by atoms with Crippen molar-refractivity contribution in [3.05, 3.63) is 64.6 Å².